The summed E-state index contributed by atoms with van der Waals surface area (Å²) in [5.41, 5.74) is 2.48. The van der Waals surface area contributed by atoms with E-state index in [2.05, 4.69) is 28.5 Å². The number of likely N-dealkylation sites (N-methyl/N-ethyl adjacent to an activating group) is 1. The SMILES string of the molecule is CNC(CCc1ccc(OC)cc1)Cc1ccccn1. The zero-order chi connectivity index (χ0) is 14.2. The highest BCUT2D eigenvalue weighted by molar-refractivity contribution is 5.27. The lowest BCUT2D eigenvalue weighted by Gasteiger charge is -2.15. The monoisotopic (exact) mass is 270 g/mol. The number of methoxy groups -OCH3 is 1. The third kappa shape index (κ3) is 4.35. The van der Waals surface area contributed by atoms with Crippen LogP contribution in [-0.4, -0.2) is 25.2 Å². The molecule has 0 spiro atoms. The van der Waals surface area contributed by atoms with Crippen LogP contribution in [0.4, 0.5) is 0 Å². The minimum absolute atomic E-state index is 0.451. The number of hydrogen-bond donors (Lipinski definition) is 1. The van der Waals surface area contributed by atoms with Gasteiger partial charge in [-0.15, -0.1) is 0 Å². The van der Waals surface area contributed by atoms with E-state index in [1.807, 2.05) is 37.5 Å². The van der Waals surface area contributed by atoms with Crippen molar-refractivity contribution in [2.24, 2.45) is 0 Å². The quantitative estimate of drug-likeness (QED) is 0.840. The van der Waals surface area contributed by atoms with Crippen molar-refractivity contribution >= 4 is 0 Å². The normalized spacial score (nSPS) is 12.1. The molecule has 0 aliphatic heterocycles. The number of nitrogens with one attached hydrogen (secondary N) is 1. The predicted molar refractivity (Wildman–Crippen MR) is 82.1 cm³/mol. The van der Waals surface area contributed by atoms with Gasteiger partial charge in [-0.25, -0.2) is 0 Å². The van der Waals surface area contributed by atoms with E-state index in [0.717, 1.165) is 30.7 Å². The third-order valence-electron chi connectivity index (χ3n) is 3.53. The Morgan fingerprint density at radius 1 is 1.15 bits per heavy atom. The lowest BCUT2D eigenvalue weighted by molar-refractivity contribution is 0.414. The van der Waals surface area contributed by atoms with Gasteiger partial charge >= 0.3 is 0 Å². The molecule has 20 heavy (non-hydrogen) atoms. The number of hydrogen-bond acceptors (Lipinski definition) is 3. The maximum Gasteiger partial charge on any atom is 0.118 e. The van der Waals surface area contributed by atoms with Gasteiger partial charge in [0.2, 0.25) is 0 Å². The second-order valence-corrected chi connectivity index (χ2v) is 4.90. The van der Waals surface area contributed by atoms with Crippen LogP contribution >= 0.6 is 0 Å². The molecule has 0 fully saturated rings. The summed E-state index contributed by atoms with van der Waals surface area (Å²) in [4.78, 5) is 4.39. The second kappa shape index (κ2) is 7.65. The summed E-state index contributed by atoms with van der Waals surface area (Å²) in [5.74, 6) is 0.910. The Labute approximate surface area is 121 Å². The van der Waals surface area contributed by atoms with Gasteiger partial charge in [0.15, 0.2) is 0 Å². The van der Waals surface area contributed by atoms with Crippen molar-refractivity contribution in [3.8, 4) is 5.75 Å². The molecule has 3 nitrogen and oxygen atoms in total. The van der Waals surface area contributed by atoms with Crippen molar-refractivity contribution in [2.75, 3.05) is 14.2 Å². The first kappa shape index (κ1) is 14.5. The van der Waals surface area contributed by atoms with E-state index in [9.17, 15) is 0 Å². The molecular formula is C17H22N2O. The zero-order valence-electron chi connectivity index (χ0n) is 12.2. The zero-order valence-corrected chi connectivity index (χ0v) is 12.2. The van der Waals surface area contributed by atoms with Crippen LogP contribution in [0.5, 0.6) is 5.75 Å². The van der Waals surface area contributed by atoms with Gasteiger partial charge in [0, 0.05) is 24.4 Å². The smallest absolute Gasteiger partial charge is 0.118 e. The van der Waals surface area contributed by atoms with Gasteiger partial charge in [-0.05, 0) is 49.7 Å². The average molecular weight is 270 g/mol. The highest BCUT2D eigenvalue weighted by Gasteiger charge is 2.08. The lowest BCUT2D eigenvalue weighted by Crippen LogP contribution is -2.28. The number of pyridine rings is 1. The lowest BCUT2D eigenvalue weighted by atomic mass is 10.0. The molecular weight excluding hydrogens is 248 g/mol. The standard InChI is InChI=1S/C17H22N2O/c1-18-15(13-16-5-3-4-12-19-16)9-6-14-7-10-17(20-2)11-8-14/h3-5,7-8,10-12,15,18H,6,9,13H2,1-2H3. The largest absolute Gasteiger partial charge is 0.497 e. The maximum atomic E-state index is 5.17. The van der Waals surface area contributed by atoms with E-state index in [1.165, 1.54) is 5.56 Å². The molecule has 0 amide bonds. The summed E-state index contributed by atoms with van der Waals surface area (Å²) >= 11 is 0. The Morgan fingerprint density at radius 2 is 1.95 bits per heavy atom. The fourth-order valence-electron chi connectivity index (χ4n) is 2.25. The molecule has 106 valence electrons. The average Bonchev–Trinajstić information content (AvgIpc) is 2.53. The van der Waals surface area contributed by atoms with Gasteiger partial charge < -0.3 is 10.1 Å². The molecule has 1 aromatic carbocycles. The minimum Gasteiger partial charge on any atom is -0.497 e. The Hall–Kier alpha value is -1.87. The molecule has 1 N–H and O–H groups in total. The van der Waals surface area contributed by atoms with E-state index in [-0.39, 0.29) is 0 Å². The molecule has 0 radical (unpaired) electrons. The van der Waals surface area contributed by atoms with Crippen LogP contribution in [0.3, 0.4) is 0 Å². The predicted octanol–water partition coefficient (Wildman–Crippen LogP) is 2.85. The molecule has 1 atom stereocenters. The summed E-state index contributed by atoms with van der Waals surface area (Å²) in [5, 5.41) is 3.38. The maximum absolute atomic E-state index is 5.17. The van der Waals surface area contributed by atoms with Crippen LogP contribution in [0, 0.1) is 0 Å². The van der Waals surface area contributed by atoms with E-state index in [4.69, 9.17) is 4.74 Å². The second-order valence-electron chi connectivity index (χ2n) is 4.90. The van der Waals surface area contributed by atoms with Crippen molar-refractivity contribution in [1.82, 2.24) is 10.3 Å². The third-order valence-corrected chi connectivity index (χ3v) is 3.53. The Morgan fingerprint density at radius 3 is 2.55 bits per heavy atom. The number of benzene rings is 1. The van der Waals surface area contributed by atoms with Gasteiger partial charge in [0.25, 0.3) is 0 Å². The number of nitrogens with zero attached hydrogens (tertiary/aromatic N) is 1. The molecule has 0 aliphatic rings. The van der Waals surface area contributed by atoms with Crippen LogP contribution < -0.4 is 10.1 Å². The Balaban J connectivity index is 1.86. The van der Waals surface area contributed by atoms with Crippen molar-refractivity contribution < 1.29 is 4.74 Å². The van der Waals surface area contributed by atoms with E-state index < -0.39 is 0 Å². The Bertz CT molecular complexity index is 496. The number of rotatable bonds is 7. The van der Waals surface area contributed by atoms with Crippen LogP contribution in [-0.2, 0) is 12.8 Å². The van der Waals surface area contributed by atoms with Crippen LogP contribution in [0.2, 0.25) is 0 Å². The molecule has 3 heteroatoms. The molecule has 2 aromatic rings. The number of ether oxygens (including phenoxy) is 1. The topological polar surface area (TPSA) is 34.1 Å². The molecule has 0 saturated carbocycles. The van der Waals surface area contributed by atoms with Crippen molar-refractivity contribution in [1.29, 1.82) is 0 Å². The fourth-order valence-corrected chi connectivity index (χ4v) is 2.25. The highest BCUT2D eigenvalue weighted by Crippen LogP contribution is 2.14. The highest BCUT2D eigenvalue weighted by atomic mass is 16.5. The summed E-state index contributed by atoms with van der Waals surface area (Å²) in [7, 11) is 3.71. The molecule has 1 aromatic heterocycles. The fraction of sp³-hybridized carbons (Fsp3) is 0.353. The first-order valence-electron chi connectivity index (χ1n) is 7.02. The van der Waals surface area contributed by atoms with Gasteiger partial charge in [0.05, 0.1) is 7.11 Å². The van der Waals surface area contributed by atoms with Gasteiger partial charge in [-0.1, -0.05) is 18.2 Å². The first-order chi connectivity index (χ1) is 9.81. The molecule has 2 rings (SSSR count). The van der Waals surface area contributed by atoms with E-state index in [1.54, 1.807) is 7.11 Å². The molecule has 0 saturated heterocycles. The van der Waals surface area contributed by atoms with Crippen LogP contribution in [0.15, 0.2) is 48.7 Å². The summed E-state index contributed by atoms with van der Waals surface area (Å²) in [6, 6.07) is 14.8. The van der Waals surface area contributed by atoms with Crippen LogP contribution in [0.1, 0.15) is 17.7 Å². The van der Waals surface area contributed by atoms with Gasteiger partial charge in [-0.3, -0.25) is 4.98 Å². The van der Waals surface area contributed by atoms with E-state index in [0.29, 0.717) is 6.04 Å². The summed E-state index contributed by atoms with van der Waals surface area (Å²) in [6.45, 7) is 0. The number of aromatic nitrogens is 1. The molecule has 0 bridgehead atoms. The van der Waals surface area contributed by atoms with Crippen LogP contribution in [0.25, 0.3) is 0 Å². The van der Waals surface area contributed by atoms with Crippen molar-refractivity contribution in [3.63, 3.8) is 0 Å². The summed E-state index contributed by atoms with van der Waals surface area (Å²) in [6.07, 6.45) is 4.97. The Kier molecular flexibility index (Phi) is 5.56. The van der Waals surface area contributed by atoms with E-state index >= 15 is 0 Å². The van der Waals surface area contributed by atoms with Gasteiger partial charge in [0.1, 0.15) is 5.75 Å². The molecule has 0 aliphatic carbocycles. The molecule has 1 unspecified atom stereocenters. The minimum atomic E-state index is 0.451. The first-order valence-corrected chi connectivity index (χ1v) is 7.02. The van der Waals surface area contributed by atoms with Gasteiger partial charge in [-0.2, -0.15) is 0 Å². The summed E-state index contributed by atoms with van der Waals surface area (Å²) < 4.78 is 5.17. The molecule has 1 heterocycles. The van der Waals surface area contributed by atoms with Crippen molar-refractivity contribution in [2.45, 2.75) is 25.3 Å². The van der Waals surface area contributed by atoms with Crippen molar-refractivity contribution in [3.05, 3.63) is 59.9 Å². The number of aryl methyl sites for hydroxylation is 1.